The van der Waals surface area contributed by atoms with Crippen LogP contribution in [0.4, 0.5) is 18.2 Å². The van der Waals surface area contributed by atoms with Gasteiger partial charge in [0, 0.05) is 28.7 Å². The summed E-state index contributed by atoms with van der Waals surface area (Å²) in [5.41, 5.74) is -0.501. The minimum atomic E-state index is -4.57. The number of nitrogens with one attached hydrogen (secondary N) is 2. The molecule has 150 valence electrons. The molecule has 0 saturated carbocycles. The molecular formula is C18H12ClF3N4O2S. The summed E-state index contributed by atoms with van der Waals surface area (Å²) < 4.78 is 42.1. The molecule has 0 unspecified atom stereocenters. The quantitative estimate of drug-likeness (QED) is 0.616. The normalized spacial score (nSPS) is 11.2. The van der Waals surface area contributed by atoms with Crippen LogP contribution in [0.1, 0.15) is 32.0 Å². The Morgan fingerprint density at radius 3 is 2.48 bits per heavy atom. The van der Waals surface area contributed by atoms with E-state index in [2.05, 4.69) is 20.2 Å². The first-order valence-corrected chi connectivity index (χ1v) is 9.23. The van der Waals surface area contributed by atoms with E-state index >= 15 is 0 Å². The van der Waals surface area contributed by atoms with Crippen molar-refractivity contribution in [2.75, 3.05) is 5.32 Å². The molecule has 2 aromatic carbocycles. The van der Waals surface area contributed by atoms with Gasteiger partial charge >= 0.3 is 6.18 Å². The Labute approximate surface area is 171 Å². The van der Waals surface area contributed by atoms with Crippen LogP contribution in [0.3, 0.4) is 0 Å². The second kappa shape index (κ2) is 8.58. The van der Waals surface area contributed by atoms with Gasteiger partial charge in [0.1, 0.15) is 5.00 Å². The van der Waals surface area contributed by atoms with E-state index < -0.39 is 23.6 Å². The van der Waals surface area contributed by atoms with Crippen LogP contribution in [-0.4, -0.2) is 21.4 Å². The predicted octanol–water partition coefficient (Wildman–Crippen LogP) is 4.39. The first-order chi connectivity index (χ1) is 13.7. The lowest BCUT2D eigenvalue weighted by Crippen LogP contribution is -2.25. The Hall–Kier alpha value is -2.98. The summed E-state index contributed by atoms with van der Waals surface area (Å²) in [5, 5.41) is 9.28. The van der Waals surface area contributed by atoms with Gasteiger partial charge < -0.3 is 10.6 Å². The fourth-order valence-corrected chi connectivity index (χ4v) is 2.99. The summed E-state index contributed by atoms with van der Waals surface area (Å²) in [4.78, 5) is 24.6. The van der Waals surface area contributed by atoms with Crippen molar-refractivity contribution in [2.24, 2.45) is 0 Å². The molecule has 6 nitrogen and oxygen atoms in total. The molecule has 11 heteroatoms. The van der Waals surface area contributed by atoms with Crippen molar-refractivity contribution in [3.8, 4) is 0 Å². The van der Waals surface area contributed by atoms with Gasteiger partial charge in [-0.15, -0.1) is 5.10 Å². The van der Waals surface area contributed by atoms with Crippen LogP contribution in [0.5, 0.6) is 0 Å². The van der Waals surface area contributed by atoms with E-state index in [1.807, 2.05) is 0 Å². The fourth-order valence-electron chi connectivity index (χ4n) is 2.30. The Bertz CT molecular complexity index is 1040. The zero-order chi connectivity index (χ0) is 21.0. The number of carbonyl (C=O) groups is 2. The number of aromatic nitrogens is 2. The van der Waals surface area contributed by atoms with Gasteiger partial charge in [-0.3, -0.25) is 9.59 Å². The minimum Gasteiger partial charge on any atom is -0.346 e. The second-order valence-electron chi connectivity index (χ2n) is 5.79. The zero-order valence-electron chi connectivity index (χ0n) is 14.5. The molecule has 1 aromatic heterocycles. The first-order valence-electron chi connectivity index (χ1n) is 8.07. The van der Waals surface area contributed by atoms with Crippen LogP contribution in [0.15, 0.2) is 48.5 Å². The Balaban J connectivity index is 1.69. The molecule has 0 fully saturated rings. The number of hydrogen-bond donors (Lipinski definition) is 2. The van der Waals surface area contributed by atoms with E-state index in [1.165, 1.54) is 6.07 Å². The van der Waals surface area contributed by atoms with Crippen molar-refractivity contribution in [1.82, 2.24) is 14.9 Å². The van der Waals surface area contributed by atoms with Gasteiger partial charge in [0.15, 0.2) is 5.69 Å². The number of anilines is 1. The Morgan fingerprint density at radius 1 is 1.07 bits per heavy atom. The number of benzene rings is 2. The second-order valence-corrected chi connectivity index (χ2v) is 6.98. The maximum Gasteiger partial charge on any atom is 0.416 e. The molecule has 0 aliphatic heterocycles. The van der Waals surface area contributed by atoms with Gasteiger partial charge in [0.05, 0.1) is 5.56 Å². The van der Waals surface area contributed by atoms with Gasteiger partial charge in [-0.05, 0) is 35.9 Å². The highest BCUT2D eigenvalue weighted by Gasteiger charge is 2.31. The molecule has 0 atom stereocenters. The number of alkyl halides is 3. The monoisotopic (exact) mass is 440 g/mol. The molecule has 3 rings (SSSR count). The lowest BCUT2D eigenvalue weighted by atomic mass is 10.1. The average Bonchev–Trinajstić information content (AvgIpc) is 3.15. The summed E-state index contributed by atoms with van der Waals surface area (Å²) in [6.45, 7) is 0.189. The topological polar surface area (TPSA) is 84.0 Å². The molecule has 2 amide bonds. The predicted molar refractivity (Wildman–Crippen MR) is 102 cm³/mol. The Morgan fingerprint density at radius 2 is 1.79 bits per heavy atom. The number of carbonyl (C=O) groups excluding carboxylic acids is 2. The lowest BCUT2D eigenvalue weighted by molar-refractivity contribution is -0.137. The van der Waals surface area contributed by atoms with Crippen LogP contribution in [-0.2, 0) is 12.7 Å². The molecule has 3 aromatic rings. The first kappa shape index (κ1) is 20.7. The number of halogens is 4. The molecule has 0 aliphatic rings. The number of hydrogen-bond acceptors (Lipinski definition) is 5. The van der Waals surface area contributed by atoms with Crippen molar-refractivity contribution >= 4 is 39.9 Å². The highest BCUT2D eigenvalue weighted by molar-refractivity contribution is 7.10. The number of amides is 2. The summed E-state index contributed by atoms with van der Waals surface area (Å²) in [5.74, 6) is -1.40. The summed E-state index contributed by atoms with van der Waals surface area (Å²) in [7, 11) is 0. The standard InChI is InChI=1S/C18H12ClF3N4O2S/c19-13-6-4-10(5-7-13)9-23-16(28)14-17(29-26-25-14)24-15(27)11-2-1-3-12(8-11)18(20,21)22/h1-8H,9H2,(H,23,28)(H,24,27). The number of nitrogens with zero attached hydrogens (tertiary/aromatic N) is 2. The molecule has 1 heterocycles. The summed E-state index contributed by atoms with van der Waals surface area (Å²) in [6.07, 6.45) is -4.57. The molecule has 0 bridgehead atoms. The van der Waals surface area contributed by atoms with Gasteiger partial charge in [0.25, 0.3) is 11.8 Å². The third-order valence-electron chi connectivity index (χ3n) is 3.75. The van der Waals surface area contributed by atoms with Gasteiger partial charge in [-0.25, -0.2) is 0 Å². The fraction of sp³-hybridized carbons (Fsp3) is 0.111. The molecule has 0 spiro atoms. The maximum atomic E-state index is 12.8. The van der Waals surface area contributed by atoms with Crippen molar-refractivity contribution in [2.45, 2.75) is 12.7 Å². The van der Waals surface area contributed by atoms with Crippen LogP contribution >= 0.6 is 23.1 Å². The van der Waals surface area contributed by atoms with Crippen molar-refractivity contribution in [3.63, 3.8) is 0 Å². The van der Waals surface area contributed by atoms with Crippen LogP contribution in [0.2, 0.25) is 5.02 Å². The maximum absolute atomic E-state index is 12.8. The van der Waals surface area contributed by atoms with Crippen molar-refractivity contribution < 1.29 is 22.8 Å². The van der Waals surface area contributed by atoms with Crippen LogP contribution in [0, 0.1) is 0 Å². The lowest BCUT2D eigenvalue weighted by Gasteiger charge is -2.09. The molecule has 0 aliphatic carbocycles. The highest BCUT2D eigenvalue weighted by Crippen LogP contribution is 2.30. The minimum absolute atomic E-state index is 0.0287. The molecular weight excluding hydrogens is 429 g/mol. The third kappa shape index (κ3) is 5.30. The SMILES string of the molecule is O=C(Nc1snnc1C(=O)NCc1ccc(Cl)cc1)c1cccc(C(F)(F)F)c1. The van der Waals surface area contributed by atoms with Gasteiger partial charge in [-0.1, -0.05) is 34.3 Å². The van der Waals surface area contributed by atoms with Gasteiger partial charge in [-0.2, -0.15) is 13.2 Å². The van der Waals surface area contributed by atoms with Crippen LogP contribution in [0.25, 0.3) is 0 Å². The summed E-state index contributed by atoms with van der Waals surface area (Å²) >= 11 is 6.54. The van der Waals surface area contributed by atoms with E-state index in [1.54, 1.807) is 24.3 Å². The summed E-state index contributed by atoms with van der Waals surface area (Å²) in [6, 6.07) is 10.8. The van der Waals surface area contributed by atoms with E-state index in [-0.39, 0.29) is 22.8 Å². The zero-order valence-corrected chi connectivity index (χ0v) is 16.0. The largest absolute Gasteiger partial charge is 0.416 e. The molecule has 29 heavy (non-hydrogen) atoms. The highest BCUT2D eigenvalue weighted by atomic mass is 35.5. The van der Waals surface area contributed by atoms with E-state index in [0.29, 0.717) is 5.02 Å². The molecule has 2 N–H and O–H groups in total. The van der Waals surface area contributed by atoms with E-state index in [4.69, 9.17) is 11.6 Å². The number of rotatable bonds is 5. The van der Waals surface area contributed by atoms with E-state index in [0.717, 1.165) is 35.3 Å². The average molecular weight is 441 g/mol. The smallest absolute Gasteiger partial charge is 0.346 e. The molecule has 0 saturated heterocycles. The third-order valence-corrected chi connectivity index (χ3v) is 4.64. The van der Waals surface area contributed by atoms with Crippen molar-refractivity contribution in [1.29, 1.82) is 0 Å². The van der Waals surface area contributed by atoms with Crippen molar-refractivity contribution in [3.05, 3.63) is 75.9 Å². The Kier molecular flexibility index (Phi) is 6.14. The van der Waals surface area contributed by atoms with Crippen LogP contribution < -0.4 is 10.6 Å². The van der Waals surface area contributed by atoms with E-state index in [9.17, 15) is 22.8 Å². The molecule has 0 radical (unpaired) electrons. The van der Waals surface area contributed by atoms with Gasteiger partial charge in [0.2, 0.25) is 0 Å².